The van der Waals surface area contributed by atoms with Crippen LogP contribution in [-0.2, 0) is 0 Å². The van der Waals surface area contributed by atoms with Crippen LogP contribution in [0.25, 0.3) is 0 Å². The summed E-state index contributed by atoms with van der Waals surface area (Å²) in [4.78, 5) is 0. The number of ether oxygens (including phenoxy) is 3. The number of hydrogen-bond donors (Lipinski definition) is 0. The number of benzene rings is 2. The zero-order valence-electron chi connectivity index (χ0n) is 12.6. The summed E-state index contributed by atoms with van der Waals surface area (Å²) in [6.45, 7) is 4.30. The fourth-order valence-electron chi connectivity index (χ4n) is 2.59. The highest BCUT2D eigenvalue weighted by Crippen LogP contribution is 2.41. The second kappa shape index (κ2) is 5.68. The molecule has 0 amide bonds. The molecular weight excluding hydrogens is 264 g/mol. The van der Waals surface area contributed by atoms with Crippen molar-refractivity contribution in [1.29, 1.82) is 0 Å². The van der Waals surface area contributed by atoms with E-state index in [9.17, 15) is 0 Å². The molecule has 2 aromatic carbocycles. The minimum absolute atomic E-state index is 0.00621. The van der Waals surface area contributed by atoms with E-state index in [1.807, 2.05) is 48.5 Å². The van der Waals surface area contributed by atoms with Gasteiger partial charge in [-0.25, -0.2) is 0 Å². The van der Waals surface area contributed by atoms with E-state index in [4.69, 9.17) is 14.2 Å². The maximum Gasteiger partial charge on any atom is 0.162 e. The van der Waals surface area contributed by atoms with Crippen molar-refractivity contribution in [3.63, 3.8) is 0 Å². The predicted octanol–water partition coefficient (Wildman–Crippen LogP) is 4.23. The molecule has 1 heterocycles. The first-order valence-electron chi connectivity index (χ1n) is 7.25. The van der Waals surface area contributed by atoms with Crippen LogP contribution in [-0.4, -0.2) is 13.2 Å². The molecule has 2 unspecified atom stereocenters. The van der Waals surface area contributed by atoms with Crippen LogP contribution in [0.5, 0.6) is 17.2 Å². The van der Waals surface area contributed by atoms with Crippen molar-refractivity contribution in [1.82, 2.24) is 0 Å². The van der Waals surface area contributed by atoms with E-state index in [-0.39, 0.29) is 12.2 Å². The average molecular weight is 284 g/mol. The Morgan fingerprint density at radius 1 is 0.905 bits per heavy atom. The van der Waals surface area contributed by atoms with Gasteiger partial charge in [0, 0.05) is 0 Å². The van der Waals surface area contributed by atoms with Gasteiger partial charge in [-0.05, 0) is 35.7 Å². The average Bonchev–Trinajstić information content (AvgIpc) is 2.53. The molecule has 0 fully saturated rings. The Kier molecular flexibility index (Phi) is 3.74. The molecule has 0 bridgehead atoms. The van der Waals surface area contributed by atoms with E-state index in [0.29, 0.717) is 5.92 Å². The Labute approximate surface area is 125 Å². The van der Waals surface area contributed by atoms with Gasteiger partial charge in [0.2, 0.25) is 0 Å². The summed E-state index contributed by atoms with van der Waals surface area (Å²) in [6.07, 6.45) is -0.112. The summed E-state index contributed by atoms with van der Waals surface area (Å²) in [5.41, 5.74) is 1.10. The number of rotatable bonds is 3. The number of fused-ring (bicyclic) bond motifs is 1. The maximum absolute atomic E-state index is 6.20. The number of methoxy groups -OCH3 is 1. The van der Waals surface area contributed by atoms with Gasteiger partial charge < -0.3 is 14.2 Å². The normalized spacial score (nSPS) is 20.4. The molecule has 0 aliphatic carbocycles. The Morgan fingerprint density at radius 3 is 2.10 bits per heavy atom. The molecule has 0 spiro atoms. The molecule has 1 aliphatic heterocycles. The molecule has 3 nitrogen and oxygen atoms in total. The Bertz CT molecular complexity index is 604. The maximum atomic E-state index is 6.20. The molecule has 21 heavy (non-hydrogen) atoms. The van der Waals surface area contributed by atoms with Crippen LogP contribution in [0.4, 0.5) is 0 Å². The summed E-state index contributed by atoms with van der Waals surface area (Å²) in [5, 5.41) is 0. The van der Waals surface area contributed by atoms with Gasteiger partial charge in [-0.2, -0.15) is 0 Å². The van der Waals surface area contributed by atoms with Crippen molar-refractivity contribution < 1.29 is 14.2 Å². The molecule has 110 valence electrons. The topological polar surface area (TPSA) is 27.7 Å². The lowest BCUT2D eigenvalue weighted by Crippen LogP contribution is -2.37. The summed E-state index contributed by atoms with van der Waals surface area (Å²) < 4.78 is 17.6. The summed E-state index contributed by atoms with van der Waals surface area (Å²) >= 11 is 0. The van der Waals surface area contributed by atoms with E-state index in [2.05, 4.69) is 13.8 Å². The molecule has 2 atom stereocenters. The van der Waals surface area contributed by atoms with Gasteiger partial charge in [-0.3, -0.25) is 0 Å². The van der Waals surface area contributed by atoms with Crippen LogP contribution in [0.15, 0.2) is 48.5 Å². The van der Waals surface area contributed by atoms with Gasteiger partial charge in [0.1, 0.15) is 11.9 Å². The van der Waals surface area contributed by atoms with E-state index < -0.39 is 0 Å². The van der Waals surface area contributed by atoms with Gasteiger partial charge in [0.05, 0.1) is 7.11 Å². The number of para-hydroxylation sites is 2. The smallest absolute Gasteiger partial charge is 0.162 e. The summed E-state index contributed by atoms with van der Waals surface area (Å²) in [7, 11) is 1.67. The molecule has 0 saturated carbocycles. The zero-order chi connectivity index (χ0) is 14.8. The van der Waals surface area contributed by atoms with Gasteiger partial charge >= 0.3 is 0 Å². The van der Waals surface area contributed by atoms with Gasteiger partial charge in [-0.1, -0.05) is 38.1 Å². The quantitative estimate of drug-likeness (QED) is 0.844. The fraction of sp³-hybridized carbons (Fsp3) is 0.333. The molecule has 3 rings (SSSR count). The summed E-state index contributed by atoms with van der Waals surface area (Å²) in [5.74, 6) is 2.82. The van der Waals surface area contributed by atoms with Crippen LogP contribution < -0.4 is 14.2 Å². The van der Waals surface area contributed by atoms with Crippen LogP contribution in [0.2, 0.25) is 0 Å². The van der Waals surface area contributed by atoms with E-state index in [0.717, 1.165) is 22.8 Å². The molecule has 0 N–H and O–H groups in total. The van der Waals surface area contributed by atoms with Gasteiger partial charge in [-0.15, -0.1) is 0 Å². The lowest BCUT2D eigenvalue weighted by molar-refractivity contribution is -0.00657. The minimum Gasteiger partial charge on any atom is -0.497 e. The lowest BCUT2D eigenvalue weighted by atomic mass is 9.94. The third-order valence-corrected chi connectivity index (χ3v) is 3.77. The highest BCUT2D eigenvalue weighted by Gasteiger charge is 2.34. The fourth-order valence-corrected chi connectivity index (χ4v) is 2.59. The second-order valence-corrected chi connectivity index (χ2v) is 5.58. The van der Waals surface area contributed by atoms with Crippen LogP contribution in [0.1, 0.15) is 25.5 Å². The molecule has 3 heteroatoms. The predicted molar refractivity (Wildman–Crippen MR) is 82.1 cm³/mol. The molecule has 0 saturated heterocycles. The van der Waals surface area contributed by atoms with Crippen molar-refractivity contribution in [3.8, 4) is 17.2 Å². The molecule has 0 radical (unpaired) electrons. The second-order valence-electron chi connectivity index (χ2n) is 5.58. The lowest BCUT2D eigenvalue weighted by Gasteiger charge is -2.36. The van der Waals surface area contributed by atoms with Crippen LogP contribution in [0.3, 0.4) is 0 Å². The van der Waals surface area contributed by atoms with Crippen molar-refractivity contribution in [3.05, 3.63) is 54.1 Å². The summed E-state index contributed by atoms with van der Waals surface area (Å²) in [6, 6.07) is 15.8. The number of hydrogen-bond acceptors (Lipinski definition) is 3. The molecule has 1 aliphatic rings. The van der Waals surface area contributed by atoms with Gasteiger partial charge in [0.25, 0.3) is 0 Å². The van der Waals surface area contributed by atoms with Crippen molar-refractivity contribution in [2.45, 2.75) is 26.1 Å². The molecular formula is C18H20O3. The van der Waals surface area contributed by atoms with Gasteiger partial charge in [0.15, 0.2) is 17.6 Å². The Balaban J connectivity index is 1.94. The van der Waals surface area contributed by atoms with E-state index in [1.165, 1.54) is 0 Å². The minimum atomic E-state index is -0.106. The largest absolute Gasteiger partial charge is 0.497 e. The highest BCUT2D eigenvalue weighted by atomic mass is 16.6. The third-order valence-electron chi connectivity index (χ3n) is 3.77. The first-order valence-corrected chi connectivity index (χ1v) is 7.25. The third kappa shape index (κ3) is 2.68. The first kappa shape index (κ1) is 13.8. The Morgan fingerprint density at radius 2 is 1.52 bits per heavy atom. The van der Waals surface area contributed by atoms with E-state index in [1.54, 1.807) is 7.11 Å². The SMILES string of the molecule is COc1ccc(C2Oc3ccccc3OC2C(C)C)cc1. The monoisotopic (exact) mass is 284 g/mol. The zero-order valence-corrected chi connectivity index (χ0v) is 12.6. The van der Waals surface area contributed by atoms with Crippen molar-refractivity contribution in [2.75, 3.05) is 7.11 Å². The van der Waals surface area contributed by atoms with E-state index >= 15 is 0 Å². The van der Waals surface area contributed by atoms with Crippen LogP contribution in [0, 0.1) is 5.92 Å². The highest BCUT2D eigenvalue weighted by molar-refractivity contribution is 5.42. The van der Waals surface area contributed by atoms with Crippen LogP contribution >= 0.6 is 0 Å². The Hall–Kier alpha value is -2.16. The molecule has 2 aromatic rings. The first-order chi connectivity index (χ1) is 10.2. The van der Waals surface area contributed by atoms with Crippen molar-refractivity contribution >= 4 is 0 Å². The molecule has 0 aromatic heterocycles. The standard InChI is InChI=1S/C18H20O3/c1-12(2)17-18(13-8-10-14(19-3)11-9-13)21-16-7-5-4-6-15(16)20-17/h4-12,17-18H,1-3H3. The van der Waals surface area contributed by atoms with Crippen molar-refractivity contribution in [2.24, 2.45) is 5.92 Å².